The summed E-state index contributed by atoms with van der Waals surface area (Å²) < 4.78 is 36.4. The van der Waals surface area contributed by atoms with E-state index in [-0.39, 0.29) is 44.6 Å². The Labute approximate surface area is 564 Å². The zero-order chi connectivity index (χ0) is 71.8. The van der Waals surface area contributed by atoms with Gasteiger partial charge in [-0.25, -0.2) is 8.78 Å². The number of nitrogens with one attached hydrogen (secondary N) is 4. The lowest BCUT2D eigenvalue weighted by Gasteiger charge is -2.45. The first-order valence-corrected chi connectivity index (χ1v) is 33.6. The number of rotatable bonds is 14. The van der Waals surface area contributed by atoms with Crippen LogP contribution in [0.15, 0.2) is 42.5 Å². The molecule has 0 saturated carbocycles. The molecule has 2 aromatic carbocycles. The van der Waals surface area contributed by atoms with Crippen LogP contribution in [0.3, 0.4) is 0 Å². The highest BCUT2D eigenvalue weighted by Crippen LogP contribution is 2.27. The number of unbranched alkanes of at least 4 members (excludes halogenated alkanes) is 1. The minimum Gasteiger partial charge on any atom is -0.497 e. The van der Waals surface area contributed by atoms with Crippen LogP contribution in [0.2, 0.25) is 0 Å². The number of ether oxygens (including phenoxy) is 1. The van der Waals surface area contributed by atoms with Crippen molar-refractivity contribution in [3.8, 4) is 5.75 Å². The number of hydrogen-bond acceptors (Lipinski definition) is 13. The monoisotopic (exact) mass is 1350 g/mol. The number of hydrogen-bond donors (Lipinski definition) is 4. The van der Waals surface area contributed by atoms with Gasteiger partial charge in [0.2, 0.25) is 70.9 Å². The molecule has 532 valence electrons. The second kappa shape index (κ2) is 35.1. The van der Waals surface area contributed by atoms with E-state index >= 15 is 13.6 Å². The minimum atomic E-state index is -1.79. The van der Waals surface area contributed by atoms with Crippen molar-refractivity contribution in [3.63, 3.8) is 0 Å². The van der Waals surface area contributed by atoms with E-state index in [2.05, 4.69) is 21.3 Å². The molecule has 10 atom stereocenters. The second-order valence-electron chi connectivity index (χ2n) is 26.9. The van der Waals surface area contributed by atoms with Gasteiger partial charge >= 0.3 is 0 Å². The number of likely N-dealkylation sites (tertiary alicyclic amines) is 1. The molecule has 3 fully saturated rings. The molecule has 12 amide bonds. The van der Waals surface area contributed by atoms with Crippen molar-refractivity contribution in [2.75, 3.05) is 75.6 Å². The predicted octanol–water partition coefficient (Wildman–Crippen LogP) is 3.43. The van der Waals surface area contributed by atoms with Crippen LogP contribution in [0.5, 0.6) is 5.75 Å². The lowest BCUT2D eigenvalue weighted by Crippen LogP contribution is -2.65. The number of amides is 12. The van der Waals surface area contributed by atoms with E-state index in [0.717, 1.165) is 39.3 Å². The molecule has 4 N–H and O–H groups in total. The number of fused-ring (bicyclic) bond motifs is 1. The maximum Gasteiger partial charge on any atom is 0.246 e. The highest BCUT2D eigenvalue weighted by Gasteiger charge is 2.47. The zero-order valence-corrected chi connectivity index (χ0v) is 59.1. The van der Waals surface area contributed by atoms with Crippen molar-refractivity contribution in [1.29, 1.82) is 0 Å². The fourth-order valence-electron chi connectivity index (χ4n) is 12.2. The molecular formula is C69H104F2N12O13. The molecule has 0 aliphatic carbocycles. The molecule has 27 heteroatoms. The summed E-state index contributed by atoms with van der Waals surface area (Å²) >= 11 is 0. The number of carbonyl (C=O) groups is 12. The largest absolute Gasteiger partial charge is 0.497 e. The topological polar surface area (TPSA) is 288 Å². The summed E-state index contributed by atoms with van der Waals surface area (Å²) in [4.78, 5) is 186. The van der Waals surface area contributed by atoms with Crippen LogP contribution in [0, 0.1) is 23.5 Å². The third-order valence-electron chi connectivity index (χ3n) is 19.4. The summed E-state index contributed by atoms with van der Waals surface area (Å²) in [6.07, 6.45) is 2.24. The molecule has 3 aliphatic heterocycles. The standard InChI is InChI=1S/C69H104F2N12O13/c1-17-20-27-49-63(90)81(15)69(8,9)68(95)74-51(36-41(4)5)62(89)79(13)55(66(93)82-33-22-21-23-34-82)39-57(85)78(12)52(19-3)60(87)75-58(42(6)18-2)67(94)77(11)43(7)61(88)83-35-32-53(83)65(92)80(14)54(37-44-28-30-45(96-16)31-29-44)64(91)76(10)40-56(84)72-50(59(86)73-49)38-46-47(70)25-24-26-48(46)71/h24-26,28-31,41-43,49-55,58H,17-23,27,32-40H2,1-16H3,(H,72,84)(H,73,86)(H,74,95)(H,75,87)/t42-,43-,49-,50-,51-,52-,53-,54-,55-,58-/m0/s1. The van der Waals surface area contributed by atoms with Crippen LogP contribution in [-0.4, -0.2) is 246 Å². The molecule has 0 aromatic heterocycles. The zero-order valence-electron chi connectivity index (χ0n) is 59.1. The number of nitrogens with zero attached hydrogens (tertiary/aromatic N) is 8. The molecule has 0 bridgehead atoms. The van der Waals surface area contributed by atoms with Crippen LogP contribution in [-0.2, 0) is 70.4 Å². The van der Waals surface area contributed by atoms with Crippen LogP contribution in [0.25, 0.3) is 0 Å². The van der Waals surface area contributed by atoms with Gasteiger partial charge in [-0.3, -0.25) is 57.5 Å². The van der Waals surface area contributed by atoms with E-state index in [1.807, 2.05) is 27.7 Å². The van der Waals surface area contributed by atoms with Crippen LogP contribution in [0.4, 0.5) is 8.78 Å². The summed E-state index contributed by atoms with van der Waals surface area (Å²) in [5, 5.41) is 10.9. The van der Waals surface area contributed by atoms with E-state index < -0.39 is 173 Å². The number of likely N-dealkylation sites (N-methyl/N-ethyl adjacent to an activating group) is 6. The third-order valence-corrected chi connectivity index (χ3v) is 19.4. The third kappa shape index (κ3) is 19.3. The highest BCUT2D eigenvalue weighted by atomic mass is 19.1. The number of carbonyl (C=O) groups excluding carboxylic acids is 12. The molecule has 0 unspecified atom stereocenters. The smallest absolute Gasteiger partial charge is 0.246 e. The average Bonchev–Trinajstić information content (AvgIpc) is 0.777. The van der Waals surface area contributed by atoms with Gasteiger partial charge in [0.25, 0.3) is 0 Å². The Morgan fingerprint density at radius 2 is 1.28 bits per heavy atom. The van der Waals surface area contributed by atoms with Crippen LogP contribution < -0.4 is 26.0 Å². The molecule has 96 heavy (non-hydrogen) atoms. The van der Waals surface area contributed by atoms with Gasteiger partial charge in [0.1, 0.15) is 77.3 Å². The van der Waals surface area contributed by atoms with Crippen molar-refractivity contribution in [3.05, 3.63) is 65.2 Å². The van der Waals surface area contributed by atoms with Gasteiger partial charge in [0.15, 0.2) is 0 Å². The van der Waals surface area contributed by atoms with E-state index in [1.54, 1.807) is 43.0 Å². The molecule has 5 rings (SSSR count). The molecule has 3 saturated heterocycles. The second-order valence-corrected chi connectivity index (χ2v) is 26.9. The Hall–Kier alpha value is -8.26. The van der Waals surface area contributed by atoms with Crippen molar-refractivity contribution < 1.29 is 71.1 Å². The lowest BCUT2D eigenvalue weighted by atomic mass is 9.95. The SMILES string of the molecule is CCCC[C@@H]1NC(=O)[C@H](Cc2c(F)cccc2F)NC(=O)CN(C)C(=O)[C@H](Cc2ccc(OC)cc2)N(C)C(=O)[C@@H]2CCN2C(=O)[C@H](C)N(C)C(=O)[C@H]([C@@H](C)CC)NC(=O)[C@H](CC)N(C)C(=O)C[C@@H](C(=O)N2CCCCC2)N(C)C(=O)[C@H](CC(C)C)NC(=O)C(C)(C)N(C)C1=O. The quantitative estimate of drug-likeness (QED) is 0.211. The van der Waals surface area contributed by atoms with E-state index in [9.17, 15) is 52.7 Å². The maximum absolute atomic E-state index is 15.5. The summed E-state index contributed by atoms with van der Waals surface area (Å²) in [5.41, 5.74) is -1.80. The molecule has 0 spiro atoms. The molecule has 25 nitrogen and oxygen atoms in total. The van der Waals surface area contributed by atoms with Gasteiger partial charge in [-0.1, -0.05) is 79.0 Å². The molecule has 0 radical (unpaired) electrons. The Morgan fingerprint density at radius 1 is 0.656 bits per heavy atom. The van der Waals surface area contributed by atoms with Gasteiger partial charge in [-0.05, 0) is 107 Å². The van der Waals surface area contributed by atoms with Crippen LogP contribution in [0.1, 0.15) is 144 Å². The molecule has 2 aromatic rings. The van der Waals surface area contributed by atoms with E-state index in [4.69, 9.17) is 4.74 Å². The van der Waals surface area contributed by atoms with Crippen molar-refractivity contribution >= 4 is 70.9 Å². The Kier molecular flexibility index (Phi) is 28.7. The van der Waals surface area contributed by atoms with Crippen molar-refractivity contribution in [1.82, 2.24) is 60.5 Å². The first kappa shape index (κ1) is 78.4. The van der Waals surface area contributed by atoms with E-state index in [0.29, 0.717) is 56.5 Å². The lowest BCUT2D eigenvalue weighted by molar-refractivity contribution is -0.160. The number of benzene rings is 2. The Morgan fingerprint density at radius 3 is 1.83 bits per heavy atom. The van der Waals surface area contributed by atoms with Gasteiger partial charge in [0.05, 0.1) is 20.1 Å². The molecule has 3 aliphatic rings. The van der Waals surface area contributed by atoms with Crippen LogP contribution >= 0.6 is 0 Å². The maximum atomic E-state index is 15.5. The first-order valence-electron chi connectivity index (χ1n) is 33.6. The summed E-state index contributed by atoms with van der Waals surface area (Å²) in [6, 6.07) is -2.30. The van der Waals surface area contributed by atoms with Crippen molar-refractivity contribution in [2.24, 2.45) is 11.8 Å². The normalized spacial score (nSPS) is 25.6. The average molecular weight is 1350 g/mol. The number of piperidine rings is 1. The van der Waals surface area contributed by atoms with Crippen molar-refractivity contribution in [2.45, 2.75) is 206 Å². The summed E-state index contributed by atoms with van der Waals surface area (Å²) in [5.74, 6) is -11.3. The molecule has 3 heterocycles. The summed E-state index contributed by atoms with van der Waals surface area (Å²) in [6.45, 7) is 15.1. The highest BCUT2D eigenvalue weighted by molar-refractivity contribution is 6.01. The fraction of sp³-hybridized carbons (Fsp3) is 0.652. The Bertz CT molecular complexity index is 3110. The van der Waals surface area contributed by atoms with Gasteiger partial charge in [-0.15, -0.1) is 0 Å². The number of halogens is 2. The summed E-state index contributed by atoms with van der Waals surface area (Å²) in [7, 11) is 9.62. The number of methoxy groups -OCH3 is 1. The minimum absolute atomic E-state index is 0.0126. The van der Waals surface area contributed by atoms with Gasteiger partial charge < -0.3 is 65.2 Å². The van der Waals surface area contributed by atoms with Gasteiger partial charge in [-0.2, -0.15) is 0 Å². The Balaban J connectivity index is 1.63. The fourth-order valence-corrected chi connectivity index (χ4v) is 12.2. The molecular weight excluding hydrogens is 1240 g/mol. The first-order chi connectivity index (χ1) is 45.2. The van der Waals surface area contributed by atoms with Gasteiger partial charge in [0, 0.05) is 80.3 Å². The predicted molar refractivity (Wildman–Crippen MR) is 355 cm³/mol. The van der Waals surface area contributed by atoms with E-state index in [1.165, 1.54) is 89.8 Å².